The number of nitrogens with zero attached hydrogens (tertiary/aromatic N) is 1. The van der Waals surface area contributed by atoms with E-state index in [2.05, 4.69) is 4.98 Å². The number of halogens is 3. The van der Waals surface area contributed by atoms with Gasteiger partial charge in [-0.05, 0) is 48.3 Å². The van der Waals surface area contributed by atoms with Crippen LogP contribution in [0.4, 0.5) is 13.2 Å². The van der Waals surface area contributed by atoms with Gasteiger partial charge in [-0.15, -0.1) is 0 Å². The number of carbonyl (C=O) groups is 1. The summed E-state index contributed by atoms with van der Waals surface area (Å²) in [7, 11) is 0. The van der Waals surface area contributed by atoms with E-state index in [1.54, 1.807) is 6.07 Å². The summed E-state index contributed by atoms with van der Waals surface area (Å²) >= 11 is 0. The van der Waals surface area contributed by atoms with Gasteiger partial charge < -0.3 is 5.11 Å². The van der Waals surface area contributed by atoms with Crippen molar-refractivity contribution in [3.05, 3.63) is 29.6 Å². The van der Waals surface area contributed by atoms with Gasteiger partial charge in [0, 0.05) is 6.20 Å². The van der Waals surface area contributed by atoms with Crippen LogP contribution in [0.3, 0.4) is 0 Å². The number of carboxylic acid groups (broad SMARTS) is 1. The zero-order valence-electron chi connectivity index (χ0n) is 9.94. The minimum atomic E-state index is -4.43. The molecule has 0 bridgehead atoms. The number of aromatic nitrogens is 1. The average Bonchev–Trinajstić information content (AvgIpc) is 3.01. The van der Waals surface area contributed by atoms with Crippen molar-refractivity contribution in [1.29, 1.82) is 0 Å². The van der Waals surface area contributed by atoms with Gasteiger partial charge in [0.25, 0.3) is 0 Å². The molecule has 3 nitrogen and oxygen atoms in total. The van der Waals surface area contributed by atoms with Crippen LogP contribution >= 0.6 is 0 Å². The van der Waals surface area contributed by atoms with E-state index in [-0.39, 0.29) is 17.3 Å². The number of pyridine rings is 1. The summed E-state index contributed by atoms with van der Waals surface area (Å²) < 4.78 is 37.7. The van der Waals surface area contributed by atoms with Crippen molar-refractivity contribution in [2.45, 2.75) is 31.4 Å². The van der Waals surface area contributed by atoms with E-state index in [1.807, 2.05) is 0 Å². The number of hydrogen-bond acceptors (Lipinski definition) is 2. The minimum Gasteiger partial charge on any atom is -0.481 e. The third-order valence-electron chi connectivity index (χ3n) is 4.32. The lowest BCUT2D eigenvalue weighted by atomic mass is 9.70. The molecule has 2 aliphatic rings. The molecule has 1 aromatic rings. The first-order valence-corrected chi connectivity index (χ1v) is 6.08. The van der Waals surface area contributed by atoms with E-state index in [9.17, 15) is 18.0 Å². The third kappa shape index (κ3) is 1.99. The Bertz CT molecular complexity index is 535. The van der Waals surface area contributed by atoms with Crippen molar-refractivity contribution in [3.8, 4) is 0 Å². The van der Waals surface area contributed by atoms with E-state index in [4.69, 9.17) is 5.11 Å². The van der Waals surface area contributed by atoms with Crippen molar-refractivity contribution in [1.82, 2.24) is 4.98 Å². The highest BCUT2D eigenvalue weighted by molar-refractivity contribution is 5.72. The summed E-state index contributed by atoms with van der Waals surface area (Å²) in [6.07, 6.45) is -1.30. The predicted octanol–water partition coefficient (Wildman–Crippen LogP) is 3.07. The van der Waals surface area contributed by atoms with Crippen molar-refractivity contribution < 1.29 is 23.1 Å². The van der Waals surface area contributed by atoms with Crippen LogP contribution in [0.5, 0.6) is 0 Å². The van der Waals surface area contributed by atoms with Crippen LogP contribution in [0, 0.1) is 11.3 Å². The molecule has 19 heavy (non-hydrogen) atoms. The Hall–Kier alpha value is -1.59. The second kappa shape index (κ2) is 3.71. The molecule has 3 rings (SSSR count). The van der Waals surface area contributed by atoms with Gasteiger partial charge in [-0.3, -0.25) is 9.78 Å². The first-order chi connectivity index (χ1) is 8.82. The molecular formula is C13H12F3NO2. The zero-order valence-corrected chi connectivity index (χ0v) is 9.94. The SMILES string of the molecule is O=C(O)C1CC2(C1)CC2c1ccnc(C(F)(F)F)c1. The van der Waals surface area contributed by atoms with Crippen molar-refractivity contribution >= 4 is 5.97 Å². The summed E-state index contributed by atoms with van der Waals surface area (Å²) in [5.41, 5.74) is -0.305. The molecule has 0 aliphatic heterocycles. The highest BCUT2D eigenvalue weighted by atomic mass is 19.4. The van der Waals surface area contributed by atoms with Crippen molar-refractivity contribution in [2.75, 3.05) is 0 Å². The Morgan fingerprint density at radius 1 is 1.37 bits per heavy atom. The highest BCUT2D eigenvalue weighted by Crippen LogP contribution is 2.72. The molecule has 0 amide bonds. The molecule has 1 atom stereocenters. The van der Waals surface area contributed by atoms with E-state index >= 15 is 0 Å². The monoisotopic (exact) mass is 271 g/mol. The fraction of sp³-hybridized carbons (Fsp3) is 0.538. The average molecular weight is 271 g/mol. The second-order valence-electron chi connectivity index (χ2n) is 5.53. The molecule has 2 fully saturated rings. The maximum atomic E-state index is 12.6. The number of hydrogen-bond donors (Lipinski definition) is 1. The van der Waals surface area contributed by atoms with Crippen LogP contribution in [0.2, 0.25) is 0 Å². The molecule has 6 heteroatoms. The molecule has 1 unspecified atom stereocenters. The summed E-state index contributed by atoms with van der Waals surface area (Å²) in [6, 6.07) is 2.69. The van der Waals surface area contributed by atoms with Crippen LogP contribution in [0.15, 0.2) is 18.3 Å². The largest absolute Gasteiger partial charge is 0.481 e. The standard InChI is InChI=1S/C13H12F3NO2/c14-13(15,16)10-3-7(1-2-17-10)9-6-12(9)4-8(5-12)11(18)19/h1-3,8-9H,4-6H2,(H,18,19). The maximum absolute atomic E-state index is 12.6. The summed E-state index contributed by atoms with van der Waals surface area (Å²) in [6.45, 7) is 0. The minimum absolute atomic E-state index is 0.0622. The third-order valence-corrected chi connectivity index (χ3v) is 4.32. The topological polar surface area (TPSA) is 50.2 Å². The van der Waals surface area contributed by atoms with Gasteiger partial charge in [0.2, 0.25) is 0 Å². The van der Waals surface area contributed by atoms with Gasteiger partial charge >= 0.3 is 12.1 Å². The lowest BCUT2D eigenvalue weighted by Crippen LogP contribution is -2.32. The second-order valence-corrected chi connectivity index (χ2v) is 5.53. The van der Waals surface area contributed by atoms with Gasteiger partial charge in [-0.2, -0.15) is 13.2 Å². The molecule has 1 N–H and O–H groups in total. The number of alkyl halides is 3. The number of carboxylic acids is 1. The Morgan fingerprint density at radius 2 is 2.05 bits per heavy atom. The van der Waals surface area contributed by atoms with Gasteiger partial charge in [-0.1, -0.05) is 0 Å². The molecule has 0 saturated heterocycles. The van der Waals surface area contributed by atoms with Crippen LogP contribution in [0.1, 0.15) is 36.4 Å². The Morgan fingerprint density at radius 3 is 2.63 bits per heavy atom. The quantitative estimate of drug-likeness (QED) is 0.899. The van der Waals surface area contributed by atoms with E-state index in [0.29, 0.717) is 18.4 Å². The Balaban J connectivity index is 1.75. The van der Waals surface area contributed by atoms with Gasteiger partial charge in [0.05, 0.1) is 5.92 Å². The van der Waals surface area contributed by atoms with Gasteiger partial charge in [0.15, 0.2) is 0 Å². The molecule has 1 heterocycles. The first-order valence-electron chi connectivity index (χ1n) is 6.08. The highest BCUT2D eigenvalue weighted by Gasteiger charge is 2.63. The maximum Gasteiger partial charge on any atom is 0.433 e. The lowest BCUT2D eigenvalue weighted by molar-refractivity contribution is -0.147. The van der Waals surface area contributed by atoms with Crippen LogP contribution in [-0.4, -0.2) is 16.1 Å². The molecule has 2 saturated carbocycles. The van der Waals surface area contributed by atoms with Gasteiger partial charge in [-0.25, -0.2) is 0 Å². The molecule has 1 spiro atoms. The van der Waals surface area contributed by atoms with Crippen LogP contribution in [0.25, 0.3) is 0 Å². The molecule has 2 aliphatic carbocycles. The molecule has 102 valence electrons. The van der Waals surface area contributed by atoms with Crippen LogP contribution in [-0.2, 0) is 11.0 Å². The van der Waals surface area contributed by atoms with E-state index in [1.165, 1.54) is 6.20 Å². The summed E-state index contributed by atoms with van der Waals surface area (Å²) in [4.78, 5) is 14.1. The first kappa shape index (κ1) is 12.4. The summed E-state index contributed by atoms with van der Waals surface area (Å²) in [5.74, 6) is -1.07. The van der Waals surface area contributed by atoms with Crippen molar-refractivity contribution in [3.63, 3.8) is 0 Å². The molecule has 1 aromatic heterocycles. The van der Waals surface area contributed by atoms with E-state index in [0.717, 1.165) is 12.5 Å². The zero-order chi connectivity index (χ0) is 13.8. The van der Waals surface area contributed by atoms with Gasteiger partial charge in [0.1, 0.15) is 5.69 Å². The molecule has 0 aromatic carbocycles. The fourth-order valence-corrected chi connectivity index (χ4v) is 3.19. The van der Waals surface area contributed by atoms with Crippen molar-refractivity contribution in [2.24, 2.45) is 11.3 Å². The lowest BCUT2D eigenvalue weighted by Gasteiger charge is -2.34. The smallest absolute Gasteiger partial charge is 0.433 e. The fourth-order valence-electron chi connectivity index (χ4n) is 3.19. The Labute approximate surface area is 107 Å². The number of aliphatic carboxylic acids is 1. The Kier molecular flexibility index (Phi) is 2.43. The van der Waals surface area contributed by atoms with E-state index < -0.39 is 17.8 Å². The summed E-state index contributed by atoms with van der Waals surface area (Å²) in [5, 5.41) is 8.84. The number of rotatable bonds is 2. The predicted molar refractivity (Wildman–Crippen MR) is 59.4 cm³/mol. The normalized spacial score (nSPS) is 33.0. The molecule has 0 radical (unpaired) electrons. The van der Waals surface area contributed by atoms with Crippen LogP contribution < -0.4 is 0 Å². The molecular weight excluding hydrogens is 259 g/mol.